The van der Waals surface area contributed by atoms with E-state index in [4.69, 9.17) is 16.3 Å². The van der Waals surface area contributed by atoms with Crippen LogP contribution in [0.2, 0.25) is 0 Å². The topological polar surface area (TPSA) is 26.3 Å². The number of ether oxygens (including phenoxy) is 1. The average Bonchev–Trinajstić information content (AvgIpc) is 2.57. The summed E-state index contributed by atoms with van der Waals surface area (Å²) in [7, 11) is 1.59. The van der Waals surface area contributed by atoms with Gasteiger partial charge in [-0.3, -0.25) is 4.79 Å². The molecule has 26 heavy (non-hydrogen) atoms. The molecular formula is C23H35ClO2. The highest BCUT2D eigenvalue weighted by molar-refractivity contribution is 6.43. The van der Waals surface area contributed by atoms with E-state index >= 15 is 0 Å². The second-order valence-electron chi connectivity index (χ2n) is 7.75. The van der Waals surface area contributed by atoms with E-state index in [1.165, 1.54) is 16.7 Å². The second kappa shape index (κ2) is 11.4. The number of carbonyl (C=O) groups excluding carboxylic acids is 1. The molecule has 0 fully saturated rings. The van der Waals surface area contributed by atoms with Gasteiger partial charge in [0.15, 0.2) is 5.78 Å². The van der Waals surface area contributed by atoms with Crippen molar-refractivity contribution in [3.8, 4) is 0 Å². The predicted molar refractivity (Wildman–Crippen MR) is 112 cm³/mol. The minimum absolute atomic E-state index is 0.00703. The number of rotatable bonds is 9. The van der Waals surface area contributed by atoms with Crippen molar-refractivity contribution in [2.75, 3.05) is 7.11 Å². The highest BCUT2D eigenvalue weighted by Gasteiger charge is 2.33. The quantitative estimate of drug-likeness (QED) is 0.399. The van der Waals surface area contributed by atoms with Gasteiger partial charge in [-0.2, -0.15) is 0 Å². The zero-order chi connectivity index (χ0) is 19.7. The van der Waals surface area contributed by atoms with E-state index in [1.54, 1.807) is 7.11 Å². The summed E-state index contributed by atoms with van der Waals surface area (Å²) >= 11 is 6.09. The fraction of sp³-hybridized carbons (Fsp3) is 0.609. The smallest absolute Gasteiger partial charge is 0.177 e. The number of halogens is 1. The summed E-state index contributed by atoms with van der Waals surface area (Å²) in [4.78, 5) is 12.0. The van der Waals surface area contributed by atoms with Gasteiger partial charge >= 0.3 is 0 Å². The van der Waals surface area contributed by atoms with Gasteiger partial charge in [0, 0.05) is 12.3 Å². The van der Waals surface area contributed by atoms with Crippen molar-refractivity contribution in [3.63, 3.8) is 0 Å². The van der Waals surface area contributed by atoms with Gasteiger partial charge < -0.3 is 4.74 Å². The van der Waals surface area contributed by atoms with Gasteiger partial charge in [-0.05, 0) is 65.7 Å². The molecule has 0 bridgehead atoms. The molecule has 0 heterocycles. The summed E-state index contributed by atoms with van der Waals surface area (Å²) in [6.45, 7) is 10.8. The summed E-state index contributed by atoms with van der Waals surface area (Å²) in [6.07, 6.45) is 12.8. The lowest BCUT2D eigenvalue weighted by Gasteiger charge is -2.29. The normalized spacial score (nSPS) is 21.9. The first-order chi connectivity index (χ1) is 12.3. The Bertz CT molecular complexity index is 604. The van der Waals surface area contributed by atoms with E-state index in [2.05, 4.69) is 52.8 Å². The Kier molecular flexibility index (Phi) is 10.0. The van der Waals surface area contributed by atoms with Crippen molar-refractivity contribution in [2.24, 2.45) is 11.8 Å². The molecule has 0 radical (unpaired) electrons. The Morgan fingerprint density at radius 3 is 2.23 bits per heavy atom. The minimum Gasteiger partial charge on any atom is -0.499 e. The second-order valence-corrected chi connectivity index (χ2v) is 8.13. The van der Waals surface area contributed by atoms with E-state index in [-0.39, 0.29) is 22.7 Å². The van der Waals surface area contributed by atoms with Crippen LogP contribution in [0.25, 0.3) is 0 Å². The molecule has 2 atom stereocenters. The van der Waals surface area contributed by atoms with Gasteiger partial charge in [0.2, 0.25) is 0 Å². The Morgan fingerprint density at radius 2 is 1.65 bits per heavy atom. The van der Waals surface area contributed by atoms with E-state index < -0.39 is 0 Å². The fourth-order valence-corrected chi connectivity index (χ4v) is 3.64. The summed E-state index contributed by atoms with van der Waals surface area (Å²) < 4.78 is 5.36. The molecule has 0 aromatic rings. The monoisotopic (exact) mass is 378 g/mol. The van der Waals surface area contributed by atoms with Gasteiger partial charge in [-0.15, -0.1) is 0 Å². The van der Waals surface area contributed by atoms with Gasteiger partial charge in [-0.1, -0.05) is 53.5 Å². The number of carbonyl (C=O) groups is 1. The average molecular weight is 379 g/mol. The number of ketones is 1. The molecule has 2 nitrogen and oxygen atoms in total. The summed E-state index contributed by atoms with van der Waals surface area (Å²) in [6, 6.07) is 0. The van der Waals surface area contributed by atoms with Crippen molar-refractivity contribution in [1.82, 2.24) is 0 Å². The molecule has 0 saturated carbocycles. The fourth-order valence-electron chi connectivity index (χ4n) is 3.31. The first kappa shape index (κ1) is 22.8. The Balaban J connectivity index is 2.49. The highest BCUT2D eigenvalue weighted by Crippen LogP contribution is 2.37. The van der Waals surface area contributed by atoms with E-state index in [0.717, 1.165) is 32.1 Å². The third-order valence-corrected chi connectivity index (χ3v) is 5.54. The number of hydrogen-bond donors (Lipinski definition) is 0. The van der Waals surface area contributed by atoms with Crippen LogP contribution in [-0.4, -0.2) is 12.9 Å². The third kappa shape index (κ3) is 7.53. The summed E-state index contributed by atoms with van der Waals surface area (Å²) in [5, 5.41) is 0.283. The number of Topliss-reactive ketones (excluding diaryl/α,β-unsaturated/α-hetero) is 1. The molecule has 1 rings (SSSR count). The summed E-state index contributed by atoms with van der Waals surface area (Å²) in [5.41, 5.74) is 4.24. The number of methoxy groups -OCH3 is 1. The maximum absolute atomic E-state index is 12.0. The molecule has 1 aliphatic carbocycles. The van der Waals surface area contributed by atoms with Gasteiger partial charge in [0.1, 0.15) is 10.8 Å². The van der Waals surface area contributed by atoms with Crippen LogP contribution in [0.3, 0.4) is 0 Å². The zero-order valence-electron chi connectivity index (χ0n) is 17.3. The first-order valence-corrected chi connectivity index (χ1v) is 10.1. The van der Waals surface area contributed by atoms with Crippen LogP contribution in [-0.2, 0) is 9.53 Å². The lowest BCUT2D eigenvalue weighted by Crippen LogP contribution is -2.25. The molecule has 1 aliphatic rings. The Labute approximate surface area is 165 Å². The molecule has 0 aromatic heterocycles. The first-order valence-electron chi connectivity index (χ1n) is 9.67. The standard InChI is InChI=1S/C23H35ClO2/c1-16(2)9-7-10-17(3)11-8-12-18(4)13-14-20-15-21(25)22(24)23(26-6)19(20)5/h9,11,13,19-20H,7-8,10,12,14-15H2,1-6H3/b17-11+,18-13+. The van der Waals surface area contributed by atoms with Gasteiger partial charge in [-0.25, -0.2) is 0 Å². The molecule has 0 N–H and O–H groups in total. The van der Waals surface area contributed by atoms with Crippen LogP contribution in [0.1, 0.15) is 73.1 Å². The number of hydrogen-bond acceptors (Lipinski definition) is 2. The van der Waals surface area contributed by atoms with E-state index in [9.17, 15) is 4.79 Å². The molecule has 0 spiro atoms. The van der Waals surface area contributed by atoms with Crippen LogP contribution >= 0.6 is 11.6 Å². The molecule has 0 amide bonds. The third-order valence-electron chi connectivity index (χ3n) is 5.14. The lowest BCUT2D eigenvalue weighted by atomic mass is 9.80. The SMILES string of the molecule is COC1=C(Cl)C(=O)CC(C/C=C(\C)CC/C=C(\C)CCC=C(C)C)C1C. The largest absolute Gasteiger partial charge is 0.499 e. The van der Waals surface area contributed by atoms with Gasteiger partial charge in [0.05, 0.1) is 7.11 Å². The molecule has 0 saturated heterocycles. The minimum atomic E-state index is 0.00703. The maximum Gasteiger partial charge on any atom is 0.177 e. The van der Waals surface area contributed by atoms with Crippen LogP contribution in [0.5, 0.6) is 0 Å². The van der Waals surface area contributed by atoms with Crippen molar-refractivity contribution >= 4 is 17.4 Å². The molecular weight excluding hydrogens is 344 g/mol. The van der Waals surface area contributed by atoms with Crippen molar-refractivity contribution in [3.05, 3.63) is 45.7 Å². The highest BCUT2D eigenvalue weighted by atomic mass is 35.5. The summed E-state index contributed by atoms with van der Waals surface area (Å²) in [5.74, 6) is 1.12. The zero-order valence-corrected chi connectivity index (χ0v) is 18.1. The predicted octanol–water partition coefficient (Wildman–Crippen LogP) is 7.12. The Hall–Kier alpha value is -1.28. The van der Waals surface area contributed by atoms with Crippen LogP contribution in [0.15, 0.2) is 45.7 Å². The molecule has 0 aliphatic heterocycles. The van der Waals surface area contributed by atoms with Crippen LogP contribution < -0.4 is 0 Å². The molecule has 146 valence electrons. The van der Waals surface area contributed by atoms with Crippen LogP contribution in [0.4, 0.5) is 0 Å². The number of allylic oxidation sites excluding steroid dienone is 8. The lowest BCUT2D eigenvalue weighted by molar-refractivity contribution is -0.117. The maximum atomic E-state index is 12.0. The van der Waals surface area contributed by atoms with Gasteiger partial charge in [0.25, 0.3) is 0 Å². The molecule has 2 unspecified atom stereocenters. The van der Waals surface area contributed by atoms with Crippen molar-refractivity contribution < 1.29 is 9.53 Å². The van der Waals surface area contributed by atoms with Crippen molar-refractivity contribution in [2.45, 2.75) is 73.1 Å². The van der Waals surface area contributed by atoms with Crippen LogP contribution in [0, 0.1) is 11.8 Å². The van der Waals surface area contributed by atoms with E-state index in [0.29, 0.717) is 12.2 Å². The molecule has 3 heteroatoms. The van der Waals surface area contributed by atoms with Crippen molar-refractivity contribution in [1.29, 1.82) is 0 Å². The molecule has 0 aromatic carbocycles. The van der Waals surface area contributed by atoms with E-state index in [1.807, 2.05) is 0 Å². The Morgan fingerprint density at radius 1 is 1.08 bits per heavy atom.